The fraction of sp³-hybridized carbons (Fsp3) is 0.167. The van der Waals surface area contributed by atoms with Gasteiger partial charge < -0.3 is 19.2 Å². The molecule has 8 heteroatoms. The van der Waals surface area contributed by atoms with E-state index in [-0.39, 0.29) is 25.4 Å². The number of hydrogen-bond acceptors (Lipinski definition) is 4. The minimum Gasteiger partial charge on any atom is -0.493 e. The van der Waals surface area contributed by atoms with Crippen LogP contribution in [0.2, 0.25) is 0 Å². The summed E-state index contributed by atoms with van der Waals surface area (Å²) in [5, 5.41) is 2.79. The number of amides is 1. The van der Waals surface area contributed by atoms with E-state index in [1.807, 2.05) is 35.0 Å². The highest BCUT2D eigenvalue weighted by Gasteiger charge is 2.11. The quantitative estimate of drug-likeness (QED) is 0.431. The number of anilines is 1. The number of rotatable bonds is 8. The number of fused-ring (bicyclic) bond motifs is 1. The van der Waals surface area contributed by atoms with Crippen molar-refractivity contribution < 1.29 is 23.0 Å². The van der Waals surface area contributed by atoms with Gasteiger partial charge in [0.2, 0.25) is 5.91 Å². The van der Waals surface area contributed by atoms with E-state index in [4.69, 9.17) is 9.47 Å². The molecule has 0 saturated heterocycles. The maximum Gasteiger partial charge on any atom is 0.224 e. The van der Waals surface area contributed by atoms with E-state index in [1.165, 1.54) is 13.2 Å². The van der Waals surface area contributed by atoms with Gasteiger partial charge in [-0.15, -0.1) is 0 Å². The predicted octanol–water partition coefficient (Wildman–Crippen LogP) is 4.77. The summed E-state index contributed by atoms with van der Waals surface area (Å²) in [7, 11) is 1.53. The molecule has 32 heavy (non-hydrogen) atoms. The second-order valence-electron chi connectivity index (χ2n) is 7.15. The van der Waals surface area contributed by atoms with Gasteiger partial charge in [0, 0.05) is 30.6 Å². The average molecular weight is 437 g/mol. The van der Waals surface area contributed by atoms with Crippen molar-refractivity contribution in [2.24, 2.45) is 0 Å². The maximum absolute atomic E-state index is 13.3. The van der Waals surface area contributed by atoms with Gasteiger partial charge >= 0.3 is 0 Å². The average Bonchev–Trinajstić information content (AvgIpc) is 3.22. The molecule has 0 saturated carbocycles. The number of benzene rings is 2. The first-order valence-electron chi connectivity index (χ1n) is 9.99. The van der Waals surface area contributed by atoms with E-state index in [0.717, 1.165) is 23.5 Å². The minimum atomic E-state index is -0.925. The van der Waals surface area contributed by atoms with Crippen LogP contribution in [-0.2, 0) is 17.8 Å². The van der Waals surface area contributed by atoms with E-state index in [2.05, 4.69) is 10.3 Å². The molecule has 0 spiro atoms. The van der Waals surface area contributed by atoms with E-state index in [9.17, 15) is 13.6 Å². The molecule has 4 aromatic rings. The number of halogens is 2. The summed E-state index contributed by atoms with van der Waals surface area (Å²) in [6.45, 7) is 0.228. The predicted molar refractivity (Wildman–Crippen MR) is 116 cm³/mol. The standard InChI is InChI=1S/C24H21F2N3O3/c1-31-21-9-7-17(28-24(30)10-6-16-5-8-19(25)20(26)12-16)13-22(21)32-15-18-14-29-11-3-2-4-23(29)27-18/h2-5,7-9,11-14H,6,10,15H2,1H3,(H,28,30). The number of pyridine rings is 1. The third kappa shape index (κ3) is 5.03. The Kier molecular flexibility index (Phi) is 6.30. The van der Waals surface area contributed by atoms with E-state index in [1.54, 1.807) is 18.2 Å². The van der Waals surface area contributed by atoms with Crippen LogP contribution in [0.15, 0.2) is 67.0 Å². The first kappa shape index (κ1) is 21.3. The molecule has 0 fully saturated rings. The van der Waals surface area contributed by atoms with E-state index in [0.29, 0.717) is 22.7 Å². The molecule has 2 heterocycles. The number of nitrogens with one attached hydrogen (secondary N) is 1. The number of nitrogens with zero attached hydrogens (tertiary/aromatic N) is 2. The van der Waals surface area contributed by atoms with Crippen LogP contribution >= 0.6 is 0 Å². The monoisotopic (exact) mass is 437 g/mol. The normalized spacial score (nSPS) is 10.8. The molecule has 1 amide bonds. The summed E-state index contributed by atoms with van der Waals surface area (Å²) in [6, 6.07) is 14.4. The number of ether oxygens (including phenoxy) is 2. The van der Waals surface area contributed by atoms with Crippen molar-refractivity contribution in [1.82, 2.24) is 9.38 Å². The van der Waals surface area contributed by atoms with Gasteiger partial charge in [-0.1, -0.05) is 12.1 Å². The first-order valence-corrected chi connectivity index (χ1v) is 9.99. The summed E-state index contributed by atoms with van der Waals surface area (Å²) in [5.41, 5.74) is 2.65. The maximum atomic E-state index is 13.3. The number of hydrogen-bond donors (Lipinski definition) is 1. The molecule has 1 N–H and O–H groups in total. The van der Waals surface area contributed by atoms with E-state index >= 15 is 0 Å². The number of aromatic nitrogens is 2. The van der Waals surface area contributed by atoms with Gasteiger partial charge in [0.05, 0.1) is 12.8 Å². The van der Waals surface area contributed by atoms with Crippen LogP contribution in [0.25, 0.3) is 5.65 Å². The van der Waals surface area contributed by atoms with Gasteiger partial charge in [-0.2, -0.15) is 0 Å². The minimum absolute atomic E-state index is 0.120. The number of carbonyl (C=O) groups excluding carboxylic acids is 1. The highest BCUT2D eigenvalue weighted by atomic mass is 19.2. The zero-order valence-electron chi connectivity index (χ0n) is 17.3. The van der Waals surface area contributed by atoms with Crippen LogP contribution in [0, 0.1) is 11.6 Å². The molecule has 0 unspecified atom stereocenters. The summed E-state index contributed by atoms with van der Waals surface area (Å²) in [4.78, 5) is 16.8. The topological polar surface area (TPSA) is 64.9 Å². The zero-order chi connectivity index (χ0) is 22.5. The van der Waals surface area contributed by atoms with Gasteiger partial charge in [-0.3, -0.25) is 4.79 Å². The molecular formula is C24H21F2N3O3. The third-order valence-corrected chi connectivity index (χ3v) is 4.86. The molecule has 2 aromatic carbocycles. The fourth-order valence-corrected chi connectivity index (χ4v) is 3.25. The smallest absolute Gasteiger partial charge is 0.224 e. The van der Waals surface area contributed by atoms with Gasteiger partial charge in [-0.25, -0.2) is 13.8 Å². The lowest BCUT2D eigenvalue weighted by Gasteiger charge is -2.12. The number of imidazole rings is 1. The third-order valence-electron chi connectivity index (χ3n) is 4.86. The first-order chi connectivity index (χ1) is 15.5. The Bertz CT molecular complexity index is 1220. The van der Waals surface area contributed by atoms with Crippen molar-refractivity contribution in [2.75, 3.05) is 12.4 Å². The Labute approximate surface area is 183 Å². The van der Waals surface area contributed by atoms with Crippen LogP contribution < -0.4 is 14.8 Å². The summed E-state index contributed by atoms with van der Waals surface area (Å²) >= 11 is 0. The fourth-order valence-electron chi connectivity index (χ4n) is 3.25. The number of carbonyl (C=O) groups is 1. The van der Waals surface area contributed by atoms with Gasteiger partial charge in [0.15, 0.2) is 23.1 Å². The summed E-state index contributed by atoms with van der Waals surface area (Å²) < 4.78 is 39.5. The molecule has 0 atom stereocenters. The highest BCUT2D eigenvalue weighted by molar-refractivity contribution is 5.91. The molecular weight excluding hydrogens is 416 g/mol. The summed E-state index contributed by atoms with van der Waals surface area (Å²) in [6.07, 6.45) is 4.19. The van der Waals surface area contributed by atoms with Crippen molar-refractivity contribution >= 4 is 17.2 Å². The second-order valence-corrected chi connectivity index (χ2v) is 7.15. The SMILES string of the molecule is COc1ccc(NC(=O)CCc2ccc(F)c(F)c2)cc1OCc1cn2ccccc2n1. The van der Waals surface area contributed by atoms with Crippen molar-refractivity contribution in [2.45, 2.75) is 19.4 Å². The molecule has 164 valence electrons. The number of methoxy groups -OCH3 is 1. The van der Waals surface area contributed by atoms with Gasteiger partial charge in [0.1, 0.15) is 12.3 Å². The van der Waals surface area contributed by atoms with Crippen LogP contribution in [0.1, 0.15) is 17.7 Å². The Morgan fingerprint density at radius 2 is 1.94 bits per heavy atom. The van der Waals surface area contributed by atoms with Crippen LogP contribution in [0.4, 0.5) is 14.5 Å². The lowest BCUT2D eigenvalue weighted by Crippen LogP contribution is -2.12. The van der Waals surface area contributed by atoms with Crippen molar-refractivity contribution in [3.63, 3.8) is 0 Å². The van der Waals surface area contributed by atoms with E-state index < -0.39 is 11.6 Å². The van der Waals surface area contributed by atoms with Gasteiger partial charge in [0.25, 0.3) is 0 Å². The van der Waals surface area contributed by atoms with Crippen LogP contribution in [0.3, 0.4) is 0 Å². The van der Waals surface area contributed by atoms with Crippen molar-refractivity contribution in [3.8, 4) is 11.5 Å². The molecule has 0 radical (unpaired) electrons. The van der Waals surface area contributed by atoms with Crippen molar-refractivity contribution in [1.29, 1.82) is 0 Å². The molecule has 0 aliphatic heterocycles. The van der Waals surface area contributed by atoms with Crippen LogP contribution in [-0.4, -0.2) is 22.4 Å². The lowest BCUT2D eigenvalue weighted by molar-refractivity contribution is -0.116. The van der Waals surface area contributed by atoms with Crippen LogP contribution in [0.5, 0.6) is 11.5 Å². The molecule has 0 aliphatic carbocycles. The Morgan fingerprint density at radius 1 is 1.06 bits per heavy atom. The molecule has 4 rings (SSSR count). The second kappa shape index (κ2) is 9.47. The molecule has 0 aliphatic rings. The lowest BCUT2D eigenvalue weighted by atomic mass is 10.1. The Morgan fingerprint density at radius 3 is 2.72 bits per heavy atom. The number of aryl methyl sites for hydroxylation is 1. The largest absolute Gasteiger partial charge is 0.493 e. The molecule has 0 bridgehead atoms. The molecule has 6 nitrogen and oxygen atoms in total. The highest BCUT2D eigenvalue weighted by Crippen LogP contribution is 2.31. The van der Waals surface area contributed by atoms with Crippen molar-refractivity contribution in [3.05, 3.63) is 89.9 Å². The zero-order valence-corrected chi connectivity index (χ0v) is 17.3. The summed E-state index contributed by atoms with van der Waals surface area (Å²) in [5.74, 6) is -1.11. The Balaban J connectivity index is 1.39. The Hall–Kier alpha value is -3.94. The van der Waals surface area contributed by atoms with Gasteiger partial charge in [-0.05, 0) is 48.4 Å². The molecule has 2 aromatic heterocycles.